The summed E-state index contributed by atoms with van der Waals surface area (Å²) in [4.78, 5) is 3.56. The van der Waals surface area contributed by atoms with Gasteiger partial charge in [-0.15, -0.1) is 11.3 Å². The largest absolute Gasteiger partial charge is 0.395 e. The molecule has 3 nitrogen and oxygen atoms in total. The highest BCUT2D eigenvalue weighted by Gasteiger charge is 2.30. The average Bonchev–Trinajstić information content (AvgIpc) is 2.86. The summed E-state index contributed by atoms with van der Waals surface area (Å²) in [5.41, 5.74) is 6.38. The van der Waals surface area contributed by atoms with Gasteiger partial charge in [0.1, 0.15) is 0 Å². The molecule has 0 aliphatic rings. The Morgan fingerprint density at radius 2 is 1.90 bits per heavy atom. The lowest BCUT2D eigenvalue weighted by Gasteiger charge is -2.39. The van der Waals surface area contributed by atoms with Crippen LogP contribution in [0.1, 0.15) is 51.0 Å². The number of nitrogens with two attached hydrogens (primary N) is 1. The van der Waals surface area contributed by atoms with Gasteiger partial charge < -0.3 is 10.8 Å². The molecule has 0 aromatic carbocycles. The second-order valence-corrected chi connectivity index (χ2v) is 6.84. The minimum atomic E-state index is 0.0527. The lowest BCUT2D eigenvalue weighted by molar-refractivity contribution is 0.0831. The Morgan fingerprint density at radius 1 is 1.25 bits per heavy atom. The summed E-state index contributed by atoms with van der Waals surface area (Å²) in [6.45, 7) is 7.29. The molecule has 20 heavy (non-hydrogen) atoms. The van der Waals surface area contributed by atoms with E-state index in [0.29, 0.717) is 12.6 Å². The van der Waals surface area contributed by atoms with Crippen molar-refractivity contribution in [1.29, 1.82) is 0 Å². The van der Waals surface area contributed by atoms with Crippen molar-refractivity contribution in [2.75, 3.05) is 13.2 Å². The summed E-state index contributed by atoms with van der Waals surface area (Å²) < 4.78 is 0.793. The second-order valence-electron chi connectivity index (χ2n) is 5.09. The Bertz CT molecular complexity index is 382. The summed E-state index contributed by atoms with van der Waals surface area (Å²) in [5, 5.41) is 9.43. The maximum Gasteiger partial charge on any atom is 0.0931 e. The molecule has 0 saturated heterocycles. The Balaban J connectivity index is 3.10. The Kier molecular flexibility index (Phi) is 8.07. The topological polar surface area (TPSA) is 49.5 Å². The van der Waals surface area contributed by atoms with Gasteiger partial charge in [0.2, 0.25) is 0 Å². The van der Waals surface area contributed by atoms with E-state index in [-0.39, 0.29) is 18.7 Å². The van der Waals surface area contributed by atoms with Crippen molar-refractivity contribution in [1.82, 2.24) is 4.90 Å². The molecule has 2 atom stereocenters. The van der Waals surface area contributed by atoms with Crippen LogP contribution < -0.4 is 5.73 Å². The Hall–Kier alpha value is -0.130. The van der Waals surface area contributed by atoms with Gasteiger partial charge in [-0.25, -0.2) is 0 Å². The van der Waals surface area contributed by atoms with Crippen LogP contribution in [0, 0.1) is 0 Å². The van der Waals surface area contributed by atoms with Crippen molar-refractivity contribution in [3.8, 4) is 0 Å². The maximum absolute atomic E-state index is 9.43. The molecule has 0 saturated carbocycles. The summed E-state index contributed by atoms with van der Waals surface area (Å²) in [6, 6.07) is 4.62. The van der Waals surface area contributed by atoms with Gasteiger partial charge in [-0.05, 0) is 31.4 Å². The molecule has 0 aliphatic heterocycles. The first-order valence-electron chi connectivity index (χ1n) is 7.46. The van der Waals surface area contributed by atoms with Crippen molar-refractivity contribution in [3.05, 3.63) is 21.3 Å². The molecule has 0 aliphatic carbocycles. The van der Waals surface area contributed by atoms with Gasteiger partial charge in [0.25, 0.3) is 0 Å². The quantitative estimate of drug-likeness (QED) is 0.730. The van der Waals surface area contributed by atoms with Gasteiger partial charge in [0.05, 0.1) is 17.0 Å². The minimum Gasteiger partial charge on any atom is -0.395 e. The van der Waals surface area contributed by atoms with E-state index in [2.05, 4.69) is 31.7 Å². The summed E-state index contributed by atoms with van der Waals surface area (Å²) in [7, 11) is 0. The highest BCUT2D eigenvalue weighted by Crippen LogP contribution is 2.35. The molecule has 1 aromatic rings. The monoisotopic (exact) mass is 318 g/mol. The fraction of sp³-hybridized carbons (Fsp3) is 0.733. The van der Waals surface area contributed by atoms with Crippen LogP contribution in [0.25, 0.3) is 0 Å². The molecule has 0 fully saturated rings. The standard InChI is InChI=1S/C15H27ClN2OS/c1-4-11(5-2)18(9-10-19)15(12(17)6-3)13-7-8-14(16)20-13/h7-8,11-12,15,19H,4-6,9-10,17H2,1-3H3. The SMILES string of the molecule is CCC(N)C(c1ccc(Cl)s1)N(CCO)C(CC)CC. The molecule has 0 amide bonds. The molecule has 1 aromatic heterocycles. The summed E-state index contributed by atoms with van der Waals surface area (Å²) >= 11 is 7.69. The Morgan fingerprint density at radius 3 is 2.30 bits per heavy atom. The third-order valence-electron chi connectivity index (χ3n) is 3.89. The first kappa shape index (κ1) is 17.9. The molecule has 0 radical (unpaired) electrons. The lowest BCUT2D eigenvalue weighted by Crippen LogP contribution is -2.46. The van der Waals surface area contributed by atoms with E-state index < -0.39 is 0 Å². The van der Waals surface area contributed by atoms with Crippen LogP contribution in [-0.4, -0.2) is 35.2 Å². The van der Waals surface area contributed by atoms with Crippen LogP contribution in [0.2, 0.25) is 4.34 Å². The third kappa shape index (κ3) is 4.43. The first-order valence-corrected chi connectivity index (χ1v) is 8.65. The maximum atomic E-state index is 9.43. The average molecular weight is 319 g/mol. The number of rotatable bonds is 9. The number of aliphatic hydroxyl groups excluding tert-OH is 1. The molecule has 0 bridgehead atoms. The van der Waals surface area contributed by atoms with E-state index in [4.69, 9.17) is 17.3 Å². The van der Waals surface area contributed by atoms with E-state index in [1.807, 2.05) is 6.07 Å². The van der Waals surface area contributed by atoms with Crippen LogP contribution in [0.15, 0.2) is 12.1 Å². The van der Waals surface area contributed by atoms with Crippen molar-refractivity contribution in [2.24, 2.45) is 5.73 Å². The predicted octanol–water partition coefficient (Wildman–Crippen LogP) is 3.66. The smallest absolute Gasteiger partial charge is 0.0931 e. The second kappa shape index (κ2) is 9.00. The molecule has 1 rings (SSSR count). The van der Waals surface area contributed by atoms with Crippen LogP contribution in [0.3, 0.4) is 0 Å². The minimum absolute atomic E-state index is 0.0527. The predicted molar refractivity (Wildman–Crippen MR) is 88.5 cm³/mol. The van der Waals surface area contributed by atoms with Gasteiger partial charge in [0.15, 0.2) is 0 Å². The molecule has 116 valence electrons. The molecule has 0 spiro atoms. The Labute approximate surface area is 131 Å². The number of hydrogen-bond acceptors (Lipinski definition) is 4. The normalized spacial score (nSPS) is 15.0. The van der Waals surface area contributed by atoms with Gasteiger partial charge in [-0.3, -0.25) is 4.90 Å². The number of hydrogen-bond donors (Lipinski definition) is 2. The van der Waals surface area contributed by atoms with Crippen LogP contribution in [0.5, 0.6) is 0 Å². The van der Waals surface area contributed by atoms with E-state index in [1.54, 1.807) is 11.3 Å². The summed E-state index contributed by atoms with van der Waals surface area (Å²) in [5.74, 6) is 0. The van der Waals surface area contributed by atoms with Crippen molar-refractivity contribution in [2.45, 2.75) is 58.2 Å². The zero-order chi connectivity index (χ0) is 15.1. The van der Waals surface area contributed by atoms with E-state index >= 15 is 0 Å². The number of nitrogens with zero attached hydrogens (tertiary/aromatic N) is 1. The van der Waals surface area contributed by atoms with Gasteiger partial charge >= 0.3 is 0 Å². The number of thiophene rings is 1. The fourth-order valence-electron chi connectivity index (χ4n) is 2.75. The van der Waals surface area contributed by atoms with Crippen LogP contribution in [-0.2, 0) is 0 Å². The zero-order valence-electron chi connectivity index (χ0n) is 12.7. The molecule has 2 unspecified atom stereocenters. The zero-order valence-corrected chi connectivity index (χ0v) is 14.3. The summed E-state index contributed by atoms with van der Waals surface area (Å²) in [6.07, 6.45) is 3.02. The molecular weight excluding hydrogens is 292 g/mol. The van der Waals surface area contributed by atoms with E-state index in [9.17, 15) is 5.11 Å². The van der Waals surface area contributed by atoms with Gasteiger partial charge in [-0.2, -0.15) is 0 Å². The van der Waals surface area contributed by atoms with E-state index in [0.717, 1.165) is 23.6 Å². The first-order chi connectivity index (χ1) is 9.58. The van der Waals surface area contributed by atoms with Crippen molar-refractivity contribution < 1.29 is 5.11 Å². The van der Waals surface area contributed by atoms with Crippen molar-refractivity contribution >= 4 is 22.9 Å². The highest BCUT2D eigenvalue weighted by atomic mass is 35.5. The lowest BCUT2D eigenvalue weighted by atomic mass is 9.99. The molecular formula is C15H27ClN2OS. The molecule has 3 N–H and O–H groups in total. The van der Waals surface area contributed by atoms with Crippen LogP contribution in [0.4, 0.5) is 0 Å². The number of aliphatic hydroxyl groups is 1. The highest BCUT2D eigenvalue weighted by molar-refractivity contribution is 7.16. The van der Waals surface area contributed by atoms with E-state index in [1.165, 1.54) is 4.88 Å². The van der Waals surface area contributed by atoms with Gasteiger partial charge in [0, 0.05) is 23.5 Å². The van der Waals surface area contributed by atoms with Gasteiger partial charge in [-0.1, -0.05) is 32.4 Å². The molecule has 5 heteroatoms. The van der Waals surface area contributed by atoms with Crippen molar-refractivity contribution in [3.63, 3.8) is 0 Å². The molecule has 1 heterocycles. The number of halogens is 1. The van der Waals surface area contributed by atoms with Crippen LogP contribution >= 0.6 is 22.9 Å². The third-order valence-corrected chi connectivity index (χ3v) is 5.19. The fourth-order valence-corrected chi connectivity index (χ4v) is 4.01.